The van der Waals surface area contributed by atoms with Gasteiger partial charge in [-0.15, -0.1) is 0 Å². The Labute approximate surface area is 76.6 Å². The summed E-state index contributed by atoms with van der Waals surface area (Å²) in [5.74, 6) is 0.282. The average Bonchev–Trinajstić information content (AvgIpc) is 1.95. The lowest BCUT2D eigenvalue weighted by molar-refractivity contribution is -0.112. The maximum atomic E-state index is 10.7. The van der Waals surface area contributed by atoms with Gasteiger partial charge < -0.3 is 4.79 Å². The van der Waals surface area contributed by atoms with Crippen LogP contribution in [0.25, 0.3) is 0 Å². The Balaban J connectivity index is 3.75. The van der Waals surface area contributed by atoms with Crippen LogP contribution < -0.4 is 0 Å². The molecule has 0 saturated heterocycles. The van der Waals surface area contributed by atoms with E-state index in [4.69, 9.17) is 0 Å². The molecule has 1 unspecified atom stereocenters. The molecule has 72 valence electrons. The summed E-state index contributed by atoms with van der Waals surface area (Å²) in [5, 5.41) is 0. The molecule has 0 aliphatic heterocycles. The second-order valence-corrected chi connectivity index (χ2v) is 4.80. The Kier molecular flexibility index (Phi) is 5.19. The molecule has 0 aliphatic rings. The summed E-state index contributed by atoms with van der Waals surface area (Å²) < 4.78 is 0. The van der Waals surface area contributed by atoms with Gasteiger partial charge in [0.1, 0.15) is 6.29 Å². The number of rotatable bonds is 5. The van der Waals surface area contributed by atoms with Crippen molar-refractivity contribution in [1.82, 2.24) is 0 Å². The Morgan fingerprint density at radius 1 is 1.33 bits per heavy atom. The molecule has 0 fully saturated rings. The molecular formula is C11H22O. The Morgan fingerprint density at radius 3 is 2.25 bits per heavy atom. The summed E-state index contributed by atoms with van der Waals surface area (Å²) in [4.78, 5) is 10.7. The summed E-state index contributed by atoms with van der Waals surface area (Å²) in [5.41, 5.74) is 0.291. The minimum absolute atomic E-state index is 0.282. The third kappa shape index (κ3) is 6.38. The molecule has 0 spiro atoms. The minimum atomic E-state index is 0.282. The van der Waals surface area contributed by atoms with Gasteiger partial charge in [-0.2, -0.15) is 0 Å². The molecule has 0 rings (SSSR count). The van der Waals surface area contributed by atoms with Gasteiger partial charge in [0.2, 0.25) is 0 Å². The number of hydrogen-bond acceptors (Lipinski definition) is 1. The standard InChI is InChI=1S/C11H22O/c1-5-6-7-10(9-12)8-11(2,3)4/h9-10H,5-8H2,1-4H3. The second-order valence-electron chi connectivity index (χ2n) is 4.80. The first-order valence-corrected chi connectivity index (χ1v) is 4.95. The lowest BCUT2D eigenvalue weighted by atomic mass is 9.83. The van der Waals surface area contributed by atoms with Crippen molar-refractivity contribution in [3.63, 3.8) is 0 Å². The molecule has 0 radical (unpaired) electrons. The zero-order valence-electron chi connectivity index (χ0n) is 8.89. The van der Waals surface area contributed by atoms with Gasteiger partial charge in [-0.25, -0.2) is 0 Å². The van der Waals surface area contributed by atoms with Crippen LogP contribution in [0.5, 0.6) is 0 Å². The van der Waals surface area contributed by atoms with E-state index in [9.17, 15) is 4.79 Å². The van der Waals surface area contributed by atoms with Crippen molar-refractivity contribution < 1.29 is 4.79 Å². The first kappa shape index (κ1) is 11.7. The van der Waals surface area contributed by atoms with Crippen molar-refractivity contribution in [2.45, 2.75) is 53.4 Å². The summed E-state index contributed by atoms with van der Waals surface area (Å²) in [6, 6.07) is 0. The molecule has 0 saturated carbocycles. The highest BCUT2D eigenvalue weighted by Crippen LogP contribution is 2.26. The van der Waals surface area contributed by atoms with E-state index < -0.39 is 0 Å². The fourth-order valence-corrected chi connectivity index (χ4v) is 1.47. The number of carbonyl (C=O) groups is 1. The quantitative estimate of drug-likeness (QED) is 0.578. The van der Waals surface area contributed by atoms with Crippen LogP contribution in [-0.2, 0) is 4.79 Å². The monoisotopic (exact) mass is 170 g/mol. The van der Waals surface area contributed by atoms with E-state index in [1.807, 2.05) is 0 Å². The van der Waals surface area contributed by atoms with Crippen molar-refractivity contribution in [3.05, 3.63) is 0 Å². The summed E-state index contributed by atoms with van der Waals surface area (Å²) in [6.45, 7) is 8.74. The van der Waals surface area contributed by atoms with E-state index in [1.54, 1.807) is 0 Å². The molecule has 0 aliphatic carbocycles. The predicted octanol–water partition coefficient (Wildman–Crippen LogP) is 3.43. The van der Waals surface area contributed by atoms with Crippen LogP contribution in [0.1, 0.15) is 53.4 Å². The van der Waals surface area contributed by atoms with Gasteiger partial charge in [-0.3, -0.25) is 0 Å². The molecule has 0 aromatic rings. The second kappa shape index (κ2) is 5.34. The van der Waals surface area contributed by atoms with Crippen LogP contribution in [0.15, 0.2) is 0 Å². The Bertz CT molecular complexity index is 121. The van der Waals surface area contributed by atoms with E-state index >= 15 is 0 Å². The van der Waals surface area contributed by atoms with Gasteiger partial charge in [0.15, 0.2) is 0 Å². The van der Waals surface area contributed by atoms with Crippen molar-refractivity contribution in [1.29, 1.82) is 0 Å². The van der Waals surface area contributed by atoms with Gasteiger partial charge in [-0.1, -0.05) is 40.5 Å². The van der Waals surface area contributed by atoms with E-state index in [2.05, 4.69) is 27.7 Å². The van der Waals surface area contributed by atoms with Crippen molar-refractivity contribution in [3.8, 4) is 0 Å². The molecule has 0 amide bonds. The lowest BCUT2D eigenvalue weighted by Gasteiger charge is -2.22. The number of unbranched alkanes of at least 4 members (excludes halogenated alkanes) is 1. The molecule has 12 heavy (non-hydrogen) atoms. The Morgan fingerprint density at radius 2 is 1.92 bits per heavy atom. The molecular weight excluding hydrogens is 148 g/mol. The number of aldehydes is 1. The molecule has 0 bridgehead atoms. The number of hydrogen-bond donors (Lipinski definition) is 0. The minimum Gasteiger partial charge on any atom is -0.303 e. The van der Waals surface area contributed by atoms with Crippen LogP contribution in [0.4, 0.5) is 0 Å². The molecule has 1 heteroatoms. The van der Waals surface area contributed by atoms with Crippen molar-refractivity contribution >= 4 is 6.29 Å². The van der Waals surface area contributed by atoms with E-state index in [-0.39, 0.29) is 5.92 Å². The first-order valence-electron chi connectivity index (χ1n) is 4.95. The molecule has 0 aromatic heterocycles. The van der Waals surface area contributed by atoms with Gasteiger partial charge in [-0.05, 0) is 18.3 Å². The van der Waals surface area contributed by atoms with Crippen LogP contribution in [0.2, 0.25) is 0 Å². The normalized spacial score (nSPS) is 14.3. The van der Waals surface area contributed by atoms with Crippen LogP contribution in [-0.4, -0.2) is 6.29 Å². The smallest absolute Gasteiger partial charge is 0.123 e. The highest BCUT2D eigenvalue weighted by molar-refractivity contribution is 5.53. The maximum absolute atomic E-state index is 10.7. The van der Waals surface area contributed by atoms with Crippen molar-refractivity contribution in [2.24, 2.45) is 11.3 Å². The lowest BCUT2D eigenvalue weighted by Crippen LogP contribution is -2.14. The first-order chi connectivity index (χ1) is 5.49. The number of carbonyl (C=O) groups excluding carboxylic acids is 1. The third-order valence-electron chi connectivity index (χ3n) is 2.00. The van der Waals surface area contributed by atoms with Gasteiger partial charge >= 0.3 is 0 Å². The molecule has 0 aromatic carbocycles. The van der Waals surface area contributed by atoms with Crippen LogP contribution in [0.3, 0.4) is 0 Å². The van der Waals surface area contributed by atoms with Gasteiger partial charge in [0, 0.05) is 5.92 Å². The van der Waals surface area contributed by atoms with Gasteiger partial charge in [0.25, 0.3) is 0 Å². The third-order valence-corrected chi connectivity index (χ3v) is 2.00. The van der Waals surface area contributed by atoms with Crippen LogP contribution in [0, 0.1) is 11.3 Å². The fraction of sp³-hybridized carbons (Fsp3) is 0.909. The van der Waals surface area contributed by atoms with Gasteiger partial charge in [0.05, 0.1) is 0 Å². The predicted molar refractivity (Wildman–Crippen MR) is 53.2 cm³/mol. The average molecular weight is 170 g/mol. The van der Waals surface area contributed by atoms with E-state index in [0.717, 1.165) is 19.1 Å². The molecule has 1 nitrogen and oxygen atoms in total. The molecule has 0 heterocycles. The zero-order chi connectivity index (χ0) is 9.61. The zero-order valence-corrected chi connectivity index (χ0v) is 8.89. The summed E-state index contributed by atoms with van der Waals surface area (Å²) in [6.07, 6.45) is 5.59. The SMILES string of the molecule is CCCCC(C=O)CC(C)(C)C. The molecule has 0 N–H and O–H groups in total. The summed E-state index contributed by atoms with van der Waals surface area (Å²) >= 11 is 0. The highest BCUT2D eigenvalue weighted by Gasteiger charge is 2.17. The Hall–Kier alpha value is -0.330. The maximum Gasteiger partial charge on any atom is 0.123 e. The largest absolute Gasteiger partial charge is 0.303 e. The summed E-state index contributed by atoms with van der Waals surface area (Å²) in [7, 11) is 0. The van der Waals surface area contributed by atoms with Crippen molar-refractivity contribution in [2.75, 3.05) is 0 Å². The topological polar surface area (TPSA) is 17.1 Å². The fourth-order valence-electron chi connectivity index (χ4n) is 1.47. The molecule has 1 atom stereocenters. The van der Waals surface area contributed by atoms with E-state index in [1.165, 1.54) is 12.8 Å². The van der Waals surface area contributed by atoms with Crippen LogP contribution >= 0.6 is 0 Å². The highest BCUT2D eigenvalue weighted by atomic mass is 16.1. The van der Waals surface area contributed by atoms with E-state index in [0.29, 0.717) is 5.41 Å².